The van der Waals surface area contributed by atoms with Crippen molar-refractivity contribution in [2.24, 2.45) is 0 Å². The van der Waals surface area contributed by atoms with Gasteiger partial charge in [0.05, 0.1) is 5.69 Å². The van der Waals surface area contributed by atoms with Gasteiger partial charge in [0.15, 0.2) is 0 Å². The Bertz CT molecular complexity index is 514. The van der Waals surface area contributed by atoms with E-state index in [2.05, 4.69) is 54.7 Å². The van der Waals surface area contributed by atoms with Gasteiger partial charge in [-0.05, 0) is 39.2 Å². The molecular formula is C17H24N2O. The van der Waals surface area contributed by atoms with Gasteiger partial charge in [-0.25, -0.2) is 0 Å². The Balaban J connectivity index is 2.03. The fraction of sp³-hybridized carbons (Fsp3) is 0.471. The zero-order chi connectivity index (χ0) is 14.5. The van der Waals surface area contributed by atoms with Gasteiger partial charge in [-0.1, -0.05) is 42.4 Å². The zero-order valence-corrected chi connectivity index (χ0v) is 12.8. The smallest absolute Gasteiger partial charge is 0.138 e. The topological polar surface area (TPSA) is 38.1 Å². The minimum Gasteiger partial charge on any atom is -0.361 e. The zero-order valence-electron chi connectivity index (χ0n) is 12.8. The summed E-state index contributed by atoms with van der Waals surface area (Å²) in [7, 11) is 0. The van der Waals surface area contributed by atoms with Gasteiger partial charge < -0.3 is 9.84 Å². The molecule has 0 amide bonds. The summed E-state index contributed by atoms with van der Waals surface area (Å²) in [6, 6.07) is 11.3. The molecule has 0 spiro atoms. The van der Waals surface area contributed by atoms with E-state index in [9.17, 15) is 0 Å². The van der Waals surface area contributed by atoms with E-state index in [0.29, 0.717) is 6.04 Å². The van der Waals surface area contributed by atoms with Crippen molar-refractivity contribution in [3.05, 3.63) is 52.9 Å². The van der Waals surface area contributed by atoms with Crippen LogP contribution in [-0.4, -0.2) is 11.2 Å². The van der Waals surface area contributed by atoms with Crippen molar-refractivity contribution in [2.45, 2.75) is 52.6 Å². The highest BCUT2D eigenvalue weighted by Gasteiger charge is 2.19. The second-order valence-electron chi connectivity index (χ2n) is 5.42. The molecule has 0 saturated carbocycles. The number of benzene rings is 1. The molecule has 0 bridgehead atoms. The van der Waals surface area contributed by atoms with Crippen LogP contribution in [0.5, 0.6) is 0 Å². The molecular weight excluding hydrogens is 248 g/mol. The summed E-state index contributed by atoms with van der Waals surface area (Å²) in [5.74, 6) is 0.914. The molecule has 0 aliphatic rings. The van der Waals surface area contributed by atoms with Crippen molar-refractivity contribution in [1.82, 2.24) is 10.5 Å². The van der Waals surface area contributed by atoms with Crippen LogP contribution in [0.4, 0.5) is 0 Å². The molecule has 1 N–H and O–H groups in total. The van der Waals surface area contributed by atoms with Crippen LogP contribution >= 0.6 is 0 Å². The van der Waals surface area contributed by atoms with Crippen LogP contribution in [-0.2, 0) is 6.42 Å². The van der Waals surface area contributed by atoms with Crippen LogP contribution in [0.15, 0.2) is 34.9 Å². The molecule has 3 heteroatoms. The fourth-order valence-electron chi connectivity index (χ4n) is 2.76. The van der Waals surface area contributed by atoms with Crippen molar-refractivity contribution in [1.29, 1.82) is 0 Å². The van der Waals surface area contributed by atoms with Gasteiger partial charge in [0.25, 0.3) is 0 Å². The minimum absolute atomic E-state index is 0.259. The molecule has 3 nitrogen and oxygen atoms in total. The lowest BCUT2D eigenvalue weighted by molar-refractivity contribution is 0.387. The van der Waals surface area contributed by atoms with Gasteiger partial charge in [-0.15, -0.1) is 0 Å². The monoisotopic (exact) mass is 272 g/mol. The number of aryl methyl sites for hydroxylation is 2. The maximum Gasteiger partial charge on any atom is 0.138 e. The van der Waals surface area contributed by atoms with E-state index in [1.165, 1.54) is 11.1 Å². The first-order valence-corrected chi connectivity index (χ1v) is 7.34. The van der Waals surface area contributed by atoms with E-state index in [4.69, 9.17) is 4.52 Å². The summed E-state index contributed by atoms with van der Waals surface area (Å²) in [6.45, 7) is 8.38. The van der Waals surface area contributed by atoms with Crippen LogP contribution < -0.4 is 5.32 Å². The van der Waals surface area contributed by atoms with Gasteiger partial charge in [-0.2, -0.15) is 0 Å². The first-order chi connectivity index (χ1) is 9.61. The molecule has 0 fully saturated rings. The lowest BCUT2D eigenvalue weighted by Crippen LogP contribution is -2.33. The van der Waals surface area contributed by atoms with Crippen LogP contribution in [0, 0.1) is 13.8 Å². The third-order valence-corrected chi connectivity index (χ3v) is 3.83. The Labute approximate surface area is 121 Å². The Morgan fingerprint density at radius 2 is 1.90 bits per heavy atom. The number of hydrogen-bond acceptors (Lipinski definition) is 3. The van der Waals surface area contributed by atoms with Crippen LogP contribution in [0.2, 0.25) is 0 Å². The minimum atomic E-state index is 0.259. The van der Waals surface area contributed by atoms with E-state index < -0.39 is 0 Å². The molecule has 1 aromatic carbocycles. The molecule has 2 aromatic rings. The first-order valence-electron chi connectivity index (χ1n) is 7.34. The Morgan fingerprint density at radius 1 is 1.20 bits per heavy atom. The molecule has 2 atom stereocenters. The molecule has 0 radical (unpaired) electrons. The third-order valence-electron chi connectivity index (χ3n) is 3.83. The maximum atomic E-state index is 5.26. The molecule has 0 aliphatic carbocycles. The Hall–Kier alpha value is -1.61. The second-order valence-corrected chi connectivity index (χ2v) is 5.42. The lowest BCUT2D eigenvalue weighted by atomic mass is 10.0. The van der Waals surface area contributed by atoms with E-state index in [1.807, 2.05) is 13.8 Å². The van der Waals surface area contributed by atoms with Gasteiger partial charge >= 0.3 is 0 Å². The molecule has 108 valence electrons. The number of hydrogen-bond donors (Lipinski definition) is 1. The molecule has 0 saturated heterocycles. The SMILES string of the molecule is CCC(Cc1ccccc1)NC(C)c1c(C)noc1C. The summed E-state index contributed by atoms with van der Waals surface area (Å²) in [5, 5.41) is 7.74. The Morgan fingerprint density at radius 3 is 2.45 bits per heavy atom. The van der Waals surface area contributed by atoms with Gasteiger partial charge in [0.2, 0.25) is 0 Å². The highest BCUT2D eigenvalue weighted by Crippen LogP contribution is 2.22. The maximum absolute atomic E-state index is 5.26. The standard InChI is InChI=1S/C17H24N2O/c1-5-16(11-15-9-7-6-8-10-15)18-12(2)17-13(3)19-20-14(17)4/h6-10,12,16,18H,5,11H2,1-4H3. The normalized spacial score (nSPS) is 14.2. The average molecular weight is 272 g/mol. The van der Waals surface area contributed by atoms with Crippen LogP contribution in [0.3, 0.4) is 0 Å². The van der Waals surface area contributed by atoms with E-state index in [0.717, 1.165) is 24.3 Å². The first kappa shape index (κ1) is 14.8. The summed E-state index contributed by atoms with van der Waals surface area (Å²) in [6.07, 6.45) is 2.15. The van der Waals surface area contributed by atoms with Crippen molar-refractivity contribution in [3.8, 4) is 0 Å². The van der Waals surface area contributed by atoms with Crippen LogP contribution in [0.1, 0.15) is 48.9 Å². The van der Waals surface area contributed by atoms with Crippen molar-refractivity contribution in [2.75, 3.05) is 0 Å². The fourth-order valence-corrected chi connectivity index (χ4v) is 2.76. The van der Waals surface area contributed by atoms with Gasteiger partial charge in [0.1, 0.15) is 5.76 Å². The van der Waals surface area contributed by atoms with Gasteiger partial charge in [0, 0.05) is 17.6 Å². The summed E-state index contributed by atoms with van der Waals surface area (Å²) >= 11 is 0. The quantitative estimate of drug-likeness (QED) is 0.865. The van der Waals surface area contributed by atoms with Crippen LogP contribution in [0.25, 0.3) is 0 Å². The molecule has 2 rings (SSSR count). The molecule has 1 aromatic heterocycles. The van der Waals surface area contributed by atoms with E-state index in [1.54, 1.807) is 0 Å². The second kappa shape index (κ2) is 6.71. The summed E-state index contributed by atoms with van der Waals surface area (Å²) in [5.41, 5.74) is 3.55. The number of nitrogens with one attached hydrogen (secondary N) is 1. The largest absolute Gasteiger partial charge is 0.361 e. The lowest BCUT2D eigenvalue weighted by Gasteiger charge is -2.22. The van der Waals surface area contributed by atoms with Crippen molar-refractivity contribution in [3.63, 3.8) is 0 Å². The van der Waals surface area contributed by atoms with Gasteiger partial charge in [-0.3, -0.25) is 0 Å². The Kier molecular flexibility index (Phi) is 4.96. The predicted octanol–water partition coefficient (Wildman–Crippen LogP) is 3.96. The number of rotatable bonds is 6. The molecule has 0 aliphatic heterocycles. The van der Waals surface area contributed by atoms with E-state index >= 15 is 0 Å². The molecule has 20 heavy (non-hydrogen) atoms. The number of aromatic nitrogens is 1. The summed E-state index contributed by atoms with van der Waals surface area (Å²) < 4.78 is 5.26. The summed E-state index contributed by atoms with van der Waals surface area (Å²) in [4.78, 5) is 0. The predicted molar refractivity (Wildman–Crippen MR) is 81.8 cm³/mol. The highest BCUT2D eigenvalue weighted by molar-refractivity contribution is 5.24. The van der Waals surface area contributed by atoms with E-state index in [-0.39, 0.29) is 6.04 Å². The third kappa shape index (κ3) is 3.48. The molecule has 1 heterocycles. The highest BCUT2D eigenvalue weighted by atomic mass is 16.5. The number of nitrogens with zero attached hydrogens (tertiary/aromatic N) is 1. The van der Waals surface area contributed by atoms with Crippen molar-refractivity contribution >= 4 is 0 Å². The van der Waals surface area contributed by atoms with Crippen molar-refractivity contribution < 1.29 is 4.52 Å². The average Bonchev–Trinajstić information content (AvgIpc) is 2.78. The molecule has 2 unspecified atom stereocenters.